The number of nitrogens with zero attached hydrogens (tertiary/aromatic N) is 1. The summed E-state index contributed by atoms with van der Waals surface area (Å²) >= 11 is 1.49. The summed E-state index contributed by atoms with van der Waals surface area (Å²) < 4.78 is 14.8. The molecule has 0 spiro atoms. The number of hydrogen-bond donors (Lipinski definition) is 0. The van der Waals surface area contributed by atoms with Gasteiger partial charge in [0.15, 0.2) is 0 Å². The van der Waals surface area contributed by atoms with E-state index in [0.29, 0.717) is 12.9 Å². The Morgan fingerprint density at radius 3 is 2.82 bits per heavy atom. The fourth-order valence-corrected chi connectivity index (χ4v) is 2.06. The first kappa shape index (κ1) is 13.6. The van der Waals surface area contributed by atoms with Crippen molar-refractivity contribution < 1.29 is 14.2 Å². The third-order valence-electron chi connectivity index (χ3n) is 1.95. The number of aliphatic imine (C=N–C) groups is 1. The van der Waals surface area contributed by atoms with E-state index in [1.54, 1.807) is 0 Å². The molecule has 0 aliphatic carbocycles. The Hall–Kier alpha value is -1.43. The van der Waals surface area contributed by atoms with E-state index in [2.05, 4.69) is 9.73 Å². The zero-order chi connectivity index (χ0) is 12.5. The summed E-state index contributed by atoms with van der Waals surface area (Å²) in [4.78, 5) is 16.3. The number of methoxy groups -OCH3 is 1. The topological polar surface area (TPSA) is 55.7 Å². The molecule has 0 fully saturated rings. The van der Waals surface area contributed by atoms with Gasteiger partial charge < -0.3 is 0 Å². The molecule has 0 radical (unpaired) electrons. The first-order chi connectivity index (χ1) is 8.27. The fraction of sp³-hybridized carbons (Fsp3) is 0.273. The van der Waals surface area contributed by atoms with E-state index in [-0.39, 0.29) is 0 Å². The van der Waals surface area contributed by atoms with Crippen LogP contribution in [-0.4, -0.2) is 38.1 Å². The van der Waals surface area contributed by atoms with Crippen LogP contribution in [0.5, 0.6) is 0 Å². The van der Waals surface area contributed by atoms with Crippen LogP contribution in [-0.2, 0) is 14.2 Å². The molecule has 1 atom stereocenters. The average molecular weight is 249 g/mol. The molecule has 1 rings (SSSR count). The van der Waals surface area contributed by atoms with Gasteiger partial charge >= 0.3 is 104 Å². The normalized spacial score (nSPS) is 12.1. The molecule has 4 nitrogen and oxygen atoms in total. The van der Waals surface area contributed by atoms with Gasteiger partial charge in [0.25, 0.3) is 0 Å². The third kappa shape index (κ3) is 4.95. The summed E-state index contributed by atoms with van der Waals surface area (Å²) in [7, 11) is 1.85. The summed E-state index contributed by atoms with van der Waals surface area (Å²) in [5, 5.41) is 0. The monoisotopic (exact) mass is 249 g/mol. The molecule has 0 saturated carbocycles. The Kier molecular flexibility index (Phi) is 6.25. The molecule has 0 N–H and O–H groups in total. The SMILES string of the molecule is COC(=O)[C@H](CSc1ccccc1)/N=C/B=O. The summed E-state index contributed by atoms with van der Waals surface area (Å²) in [6, 6.07) is 9.02. The molecule has 17 heavy (non-hydrogen) atoms. The number of ether oxygens (including phenoxy) is 1. The number of carbonyl (C=O) groups is 1. The van der Waals surface area contributed by atoms with Crippen molar-refractivity contribution in [1.29, 1.82) is 0 Å². The first-order valence-electron chi connectivity index (χ1n) is 5.00. The van der Waals surface area contributed by atoms with Crippen LogP contribution in [0.2, 0.25) is 0 Å². The predicted octanol–water partition coefficient (Wildman–Crippen LogP) is 1.40. The molecule has 0 saturated heterocycles. The minimum atomic E-state index is -0.643. The second kappa shape index (κ2) is 7.78. The van der Waals surface area contributed by atoms with E-state index in [1.165, 1.54) is 18.9 Å². The van der Waals surface area contributed by atoms with Crippen molar-refractivity contribution in [1.82, 2.24) is 0 Å². The van der Waals surface area contributed by atoms with Gasteiger partial charge in [-0.25, -0.2) is 0 Å². The van der Waals surface area contributed by atoms with E-state index >= 15 is 0 Å². The second-order valence-corrected chi connectivity index (χ2v) is 4.19. The van der Waals surface area contributed by atoms with Crippen molar-refractivity contribution in [2.24, 2.45) is 4.99 Å². The Balaban J connectivity index is 2.58. The molecule has 1 aromatic rings. The van der Waals surface area contributed by atoms with Crippen molar-refractivity contribution in [3.05, 3.63) is 30.3 Å². The predicted molar refractivity (Wildman–Crippen MR) is 67.9 cm³/mol. The molecule has 0 bridgehead atoms. The maximum atomic E-state index is 11.4. The molecule has 6 heteroatoms. The van der Waals surface area contributed by atoms with E-state index in [0.717, 1.165) is 11.0 Å². The zero-order valence-electron chi connectivity index (χ0n) is 9.41. The van der Waals surface area contributed by atoms with Gasteiger partial charge in [-0.15, -0.1) is 0 Å². The molecule has 0 unspecified atom stereocenters. The number of thioether (sulfide) groups is 1. The number of hydrogen-bond acceptors (Lipinski definition) is 5. The van der Waals surface area contributed by atoms with Crippen molar-refractivity contribution in [3.63, 3.8) is 0 Å². The summed E-state index contributed by atoms with van der Waals surface area (Å²) in [5.74, 6) is 0.00707. The number of benzene rings is 1. The van der Waals surface area contributed by atoms with Crippen LogP contribution in [0.15, 0.2) is 40.2 Å². The zero-order valence-corrected chi connectivity index (χ0v) is 10.2. The van der Waals surface area contributed by atoms with E-state index < -0.39 is 12.0 Å². The first-order valence-corrected chi connectivity index (χ1v) is 5.99. The van der Waals surface area contributed by atoms with Crippen molar-refractivity contribution in [2.45, 2.75) is 10.9 Å². The summed E-state index contributed by atoms with van der Waals surface area (Å²) in [5.41, 5.74) is 0. The minimum absolute atomic E-state index is 0.438. The van der Waals surface area contributed by atoms with Crippen LogP contribution >= 0.6 is 11.8 Å². The third-order valence-corrected chi connectivity index (χ3v) is 3.04. The van der Waals surface area contributed by atoms with E-state index in [9.17, 15) is 9.50 Å². The van der Waals surface area contributed by atoms with Gasteiger partial charge in [-0.1, -0.05) is 0 Å². The van der Waals surface area contributed by atoms with Gasteiger partial charge in [-0.05, 0) is 0 Å². The molecule has 0 heterocycles. The van der Waals surface area contributed by atoms with Crippen molar-refractivity contribution in [3.8, 4) is 0 Å². The van der Waals surface area contributed by atoms with Crippen LogP contribution in [0.25, 0.3) is 0 Å². The number of rotatable bonds is 6. The van der Waals surface area contributed by atoms with Crippen molar-refractivity contribution in [2.75, 3.05) is 12.9 Å². The van der Waals surface area contributed by atoms with Crippen LogP contribution in [0, 0.1) is 0 Å². The van der Waals surface area contributed by atoms with Gasteiger partial charge in [-0.3, -0.25) is 0 Å². The summed E-state index contributed by atoms with van der Waals surface area (Å²) in [6.45, 7) is 0. The Morgan fingerprint density at radius 2 is 2.24 bits per heavy atom. The Morgan fingerprint density at radius 1 is 1.53 bits per heavy atom. The van der Waals surface area contributed by atoms with Gasteiger partial charge in [-0.2, -0.15) is 0 Å². The number of carbonyl (C=O) groups excluding carboxylic acids is 1. The molecule has 88 valence electrons. The number of esters is 1. The molecule has 0 aliphatic heterocycles. The van der Waals surface area contributed by atoms with Gasteiger partial charge in [0.05, 0.1) is 0 Å². The van der Waals surface area contributed by atoms with Gasteiger partial charge in [0.2, 0.25) is 0 Å². The van der Waals surface area contributed by atoms with Crippen molar-refractivity contribution >= 4 is 31.0 Å². The van der Waals surface area contributed by atoms with Crippen LogP contribution in [0.4, 0.5) is 0 Å². The maximum absolute atomic E-state index is 11.4. The molecule has 0 aliphatic rings. The molecule has 0 aromatic heterocycles. The van der Waals surface area contributed by atoms with E-state index in [1.807, 2.05) is 30.3 Å². The molecule has 1 aromatic carbocycles. The standard InChI is InChI=1S/C11H12BNO3S/c1-16-11(14)10(13-8-12-15)7-17-9-5-3-2-4-6-9/h2-6,8,10H,7H2,1H3/b13-8+/t10-/m0/s1. The van der Waals surface area contributed by atoms with Crippen LogP contribution < -0.4 is 0 Å². The summed E-state index contributed by atoms with van der Waals surface area (Å²) in [6.07, 6.45) is 1.08. The Bertz CT molecular complexity index is 397. The average Bonchev–Trinajstić information content (AvgIpc) is 2.39. The molecular formula is C11H12BNO3S. The molecule has 0 amide bonds. The second-order valence-electron chi connectivity index (χ2n) is 3.10. The Labute approximate surface area is 105 Å². The quantitative estimate of drug-likeness (QED) is 0.331. The van der Waals surface area contributed by atoms with E-state index in [4.69, 9.17) is 0 Å². The molecular weight excluding hydrogens is 237 g/mol. The van der Waals surface area contributed by atoms with Gasteiger partial charge in [0.1, 0.15) is 0 Å². The fourth-order valence-electron chi connectivity index (χ4n) is 1.14. The van der Waals surface area contributed by atoms with Crippen LogP contribution in [0.3, 0.4) is 0 Å². The van der Waals surface area contributed by atoms with Gasteiger partial charge in [0, 0.05) is 0 Å². The van der Waals surface area contributed by atoms with Crippen LogP contribution in [0.1, 0.15) is 0 Å².